The molecule has 1 heterocycles. The Balaban J connectivity index is 1.82. The first-order valence-corrected chi connectivity index (χ1v) is 7.51. The van der Waals surface area contributed by atoms with Gasteiger partial charge in [-0.3, -0.25) is 4.79 Å². The van der Waals surface area contributed by atoms with Gasteiger partial charge in [-0.2, -0.15) is 13.2 Å². The minimum Gasteiger partial charge on any atom is -0.369 e. The normalized spacial score (nSPS) is 23.0. The van der Waals surface area contributed by atoms with Crippen LogP contribution in [0.5, 0.6) is 0 Å². The number of hydrogen-bond acceptors (Lipinski definition) is 5. The molecule has 1 aliphatic rings. The molecule has 2 rings (SSSR count). The quantitative estimate of drug-likeness (QED) is 0.913. The summed E-state index contributed by atoms with van der Waals surface area (Å²) in [5.74, 6) is -0.416. The molecule has 10 heteroatoms. The Bertz CT molecular complexity index is 497. The van der Waals surface area contributed by atoms with Crippen molar-refractivity contribution in [1.82, 2.24) is 15.5 Å². The summed E-state index contributed by atoms with van der Waals surface area (Å²) in [7, 11) is 0. The summed E-state index contributed by atoms with van der Waals surface area (Å²) in [5.41, 5.74) is 0. The number of nitrogens with one attached hydrogen (secondary N) is 1. The zero-order chi connectivity index (χ0) is 15.5. The molecule has 0 radical (unpaired) electrons. The maximum Gasteiger partial charge on any atom is 0.411 e. The van der Waals surface area contributed by atoms with Gasteiger partial charge in [0.15, 0.2) is 0 Å². The van der Waals surface area contributed by atoms with Gasteiger partial charge >= 0.3 is 6.18 Å². The van der Waals surface area contributed by atoms with E-state index in [1.54, 1.807) is 0 Å². The van der Waals surface area contributed by atoms with Crippen LogP contribution in [0.25, 0.3) is 0 Å². The lowest BCUT2D eigenvalue weighted by atomic mass is 9.93. The molecule has 21 heavy (non-hydrogen) atoms. The molecule has 0 aromatic carbocycles. The minimum atomic E-state index is -4.33. The highest BCUT2D eigenvalue weighted by molar-refractivity contribution is 7.17. The van der Waals surface area contributed by atoms with Crippen LogP contribution in [0.1, 0.15) is 35.5 Å². The molecule has 1 amide bonds. The molecule has 1 aliphatic carbocycles. The van der Waals surface area contributed by atoms with E-state index >= 15 is 0 Å². The lowest BCUT2D eigenvalue weighted by Crippen LogP contribution is -2.41. The first-order chi connectivity index (χ1) is 9.83. The number of hydrogen-bond donors (Lipinski definition) is 1. The third-order valence-electron chi connectivity index (χ3n) is 3.04. The van der Waals surface area contributed by atoms with Crippen molar-refractivity contribution in [3.05, 3.63) is 9.47 Å². The summed E-state index contributed by atoms with van der Waals surface area (Å²) in [5, 5.41) is 10.0. The molecule has 2 unspecified atom stereocenters. The summed E-state index contributed by atoms with van der Waals surface area (Å²) in [4.78, 5) is 11.9. The number of amides is 1. The summed E-state index contributed by atoms with van der Waals surface area (Å²) < 4.78 is 41.4. The second-order valence-corrected chi connectivity index (χ2v) is 6.30. The fourth-order valence-electron chi connectivity index (χ4n) is 2.18. The van der Waals surface area contributed by atoms with Crippen molar-refractivity contribution in [2.75, 3.05) is 6.61 Å². The van der Waals surface area contributed by atoms with Crippen LogP contribution in [0.15, 0.2) is 0 Å². The van der Waals surface area contributed by atoms with Crippen molar-refractivity contribution in [3.8, 4) is 0 Å². The topological polar surface area (TPSA) is 64.1 Å². The van der Waals surface area contributed by atoms with E-state index < -0.39 is 24.8 Å². The van der Waals surface area contributed by atoms with Crippen LogP contribution in [0.3, 0.4) is 0 Å². The molecule has 1 N–H and O–H groups in total. The Hall–Kier alpha value is -0.930. The summed E-state index contributed by atoms with van der Waals surface area (Å²) in [6, 6.07) is -0.229. The first-order valence-electron chi connectivity index (χ1n) is 6.32. The number of carbonyl (C=O) groups is 1. The Morgan fingerprint density at radius 3 is 2.81 bits per heavy atom. The molecule has 2 atom stereocenters. The fraction of sp³-hybridized carbons (Fsp3) is 0.727. The Morgan fingerprint density at radius 1 is 1.43 bits per heavy atom. The van der Waals surface area contributed by atoms with E-state index in [0.29, 0.717) is 25.7 Å². The molecule has 1 saturated carbocycles. The van der Waals surface area contributed by atoms with E-state index in [4.69, 9.17) is 16.3 Å². The van der Waals surface area contributed by atoms with E-state index in [0.717, 1.165) is 11.3 Å². The van der Waals surface area contributed by atoms with Crippen molar-refractivity contribution in [3.63, 3.8) is 0 Å². The van der Waals surface area contributed by atoms with Crippen LogP contribution in [0.4, 0.5) is 13.2 Å². The molecular formula is C11H13ClF3N3O2S. The molecule has 0 saturated heterocycles. The van der Waals surface area contributed by atoms with E-state index in [9.17, 15) is 18.0 Å². The Labute approximate surface area is 127 Å². The maximum absolute atomic E-state index is 12.1. The number of carbonyl (C=O) groups excluding carboxylic acids is 1. The maximum atomic E-state index is 12.1. The number of ether oxygens (including phenoxy) is 1. The lowest BCUT2D eigenvalue weighted by molar-refractivity contribution is -0.188. The highest BCUT2D eigenvalue weighted by atomic mass is 35.5. The van der Waals surface area contributed by atoms with Crippen molar-refractivity contribution in [2.45, 2.75) is 44.0 Å². The van der Waals surface area contributed by atoms with Crippen LogP contribution < -0.4 is 5.32 Å². The first kappa shape index (κ1) is 16.4. The molecule has 1 aromatic heterocycles. The van der Waals surface area contributed by atoms with Crippen LogP contribution in [0.2, 0.25) is 4.47 Å². The monoisotopic (exact) mass is 343 g/mol. The number of halogens is 4. The number of rotatable bonds is 4. The zero-order valence-corrected chi connectivity index (χ0v) is 12.4. The van der Waals surface area contributed by atoms with Gasteiger partial charge in [0.05, 0.1) is 6.10 Å². The fourth-order valence-corrected chi connectivity index (χ4v) is 2.92. The average molecular weight is 344 g/mol. The predicted octanol–water partition coefficient (Wildman–Crippen LogP) is 2.81. The van der Waals surface area contributed by atoms with Gasteiger partial charge in [-0.05, 0) is 37.3 Å². The molecule has 0 bridgehead atoms. The van der Waals surface area contributed by atoms with Crippen molar-refractivity contribution in [2.24, 2.45) is 0 Å². The smallest absolute Gasteiger partial charge is 0.369 e. The Kier molecular flexibility index (Phi) is 5.39. The van der Waals surface area contributed by atoms with Crippen LogP contribution in [-0.2, 0) is 4.74 Å². The molecule has 5 nitrogen and oxygen atoms in total. The minimum absolute atomic E-state index is 0.137. The van der Waals surface area contributed by atoms with Gasteiger partial charge in [0.1, 0.15) is 6.61 Å². The van der Waals surface area contributed by atoms with Crippen molar-refractivity contribution < 1.29 is 22.7 Å². The van der Waals surface area contributed by atoms with Crippen molar-refractivity contribution >= 4 is 28.8 Å². The van der Waals surface area contributed by atoms with E-state index in [-0.39, 0.29) is 15.5 Å². The SMILES string of the molecule is O=C(NC1CCCC(OCC(F)(F)F)C1)c1nnc(Cl)s1. The van der Waals surface area contributed by atoms with Gasteiger partial charge in [-0.15, -0.1) is 10.2 Å². The summed E-state index contributed by atoms with van der Waals surface area (Å²) in [6.45, 7) is -1.26. The predicted molar refractivity (Wildman–Crippen MR) is 70.4 cm³/mol. The second kappa shape index (κ2) is 6.89. The van der Waals surface area contributed by atoms with E-state index in [1.807, 2.05) is 0 Å². The van der Waals surface area contributed by atoms with Gasteiger partial charge in [0.2, 0.25) is 9.47 Å². The van der Waals surface area contributed by atoms with Crippen molar-refractivity contribution in [1.29, 1.82) is 0 Å². The third kappa shape index (κ3) is 5.40. The molecule has 118 valence electrons. The van der Waals surface area contributed by atoms with Gasteiger partial charge in [0.25, 0.3) is 5.91 Å². The van der Waals surface area contributed by atoms with Gasteiger partial charge < -0.3 is 10.1 Å². The van der Waals surface area contributed by atoms with Crippen LogP contribution in [0, 0.1) is 0 Å². The average Bonchev–Trinajstić information content (AvgIpc) is 2.83. The van der Waals surface area contributed by atoms with Gasteiger partial charge in [-0.25, -0.2) is 0 Å². The molecular weight excluding hydrogens is 331 g/mol. The molecule has 1 aromatic rings. The standard InChI is InChI=1S/C11H13ClF3N3O2S/c12-10-18-17-9(21-10)8(19)16-6-2-1-3-7(4-6)20-5-11(13,14)15/h6-7H,1-5H2,(H,16,19). The van der Waals surface area contributed by atoms with E-state index in [1.165, 1.54) is 0 Å². The van der Waals surface area contributed by atoms with Crippen LogP contribution >= 0.6 is 22.9 Å². The number of aromatic nitrogens is 2. The largest absolute Gasteiger partial charge is 0.411 e. The van der Waals surface area contributed by atoms with Crippen LogP contribution in [-0.4, -0.2) is 41.0 Å². The van der Waals surface area contributed by atoms with E-state index in [2.05, 4.69) is 15.5 Å². The zero-order valence-electron chi connectivity index (χ0n) is 10.8. The highest BCUT2D eigenvalue weighted by Crippen LogP contribution is 2.24. The lowest BCUT2D eigenvalue weighted by Gasteiger charge is -2.29. The molecule has 0 aliphatic heterocycles. The Morgan fingerprint density at radius 2 is 2.19 bits per heavy atom. The van der Waals surface area contributed by atoms with Gasteiger partial charge in [-0.1, -0.05) is 11.3 Å². The highest BCUT2D eigenvalue weighted by Gasteiger charge is 2.31. The summed E-state index contributed by atoms with van der Waals surface area (Å²) >= 11 is 6.54. The summed E-state index contributed by atoms with van der Waals surface area (Å²) in [6.07, 6.45) is -2.52. The second-order valence-electron chi connectivity index (χ2n) is 4.75. The van der Waals surface area contributed by atoms with Gasteiger partial charge in [0, 0.05) is 6.04 Å². The molecule has 1 fully saturated rings. The number of nitrogens with zero attached hydrogens (tertiary/aromatic N) is 2. The number of alkyl halides is 3. The molecule has 0 spiro atoms. The third-order valence-corrected chi connectivity index (χ3v) is 4.06.